The Morgan fingerprint density at radius 1 is 0.893 bits per heavy atom. The van der Waals surface area contributed by atoms with Crippen molar-refractivity contribution in [1.29, 1.82) is 0 Å². The number of fused-ring (bicyclic) bond motifs is 1. The van der Waals surface area contributed by atoms with Gasteiger partial charge in [-0.1, -0.05) is 36.4 Å². The van der Waals surface area contributed by atoms with Gasteiger partial charge in [-0.15, -0.1) is 0 Å². The van der Waals surface area contributed by atoms with Crippen molar-refractivity contribution in [2.75, 3.05) is 25.0 Å². The summed E-state index contributed by atoms with van der Waals surface area (Å²) in [6.45, 7) is 1.08. The average Bonchev–Trinajstić information content (AvgIpc) is 3.28. The van der Waals surface area contributed by atoms with Crippen LogP contribution in [0.15, 0.2) is 71.6 Å². The molecule has 1 aliphatic heterocycles. The molecule has 0 aliphatic carbocycles. The Hall–Kier alpha value is -2.70. The Bertz CT molecular complexity index is 1140. The Balaban J connectivity index is 1.63. The number of benzene rings is 3. The monoisotopic (exact) mass is 394 g/mol. The minimum Gasteiger partial charge on any atom is -0.311 e. The topological polar surface area (TPSA) is 57.7 Å². The second-order valence-corrected chi connectivity index (χ2v) is 8.97. The molecule has 28 heavy (non-hydrogen) atoms. The number of amides is 1. The van der Waals surface area contributed by atoms with E-state index in [1.54, 1.807) is 30.1 Å². The molecule has 144 valence electrons. The first kappa shape index (κ1) is 18.7. The number of carbonyl (C=O) groups excluding carboxylic acids is 1. The Morgan fingerprint density at radius 2 is 1.61 bits per heavy atom. The van der Waals surface area contributed by atoms with E-state index in [2.05, 4.69) is 0 Å². The van der Waals surface area contributed by atoms with Gasteiger partial charge in [0.15, 0.2) is 0 Å². The maximum atomic E-state index is 13.0. The van der Waals surface area contributed by atoms with Crippen LogP contribution in [0, 0.1) is 0 Å². The van der Waals surface area contributed by atoms with Crippen LogP contribution in [0.2, 0.25) is 0 Å². The minimum atomic E-state index is -3.55. The largest absolute Gasteiger partial charge is 0.311 e. The SMILES string of the molecule is CN(C(=O)c1cccc(S(=O)(=O)N2CCCC2)c1)c1ccc2ccccc2c1. The van der Waals surface area contributed by atoms with Gasteiger partial charge < -0.3 is 4.90 Å². The summed E-state index contributed by atoms with van der Waals surface area (Å²) in [7, 11) is -1.85. The van der Waals surface area contributed by atoms with Crippen molar-refractivity contribution in [3.8, 4) is 0 Å². The van der Waals surface area contributed by atoms with Crippen LogP contribution < -0.4 is 4.90 Å². The molecule has 5 nitrogen and oxygen atoms in total. The maximum absolute atomic E-state index is 13.0. The molecule has 0 radical (unpaired) electrons. The van der Waals surface area contributed by atoms with Gasteiger partial charge in [0.1, 0.15) is 0 Å². The van der Waals surface area contributed by atoms with E-state index >= 15 is 0 Å². The van der Waals surface area contributed by atoms with Crippen LogP contribution >= 0.6 is 0 Å². The van der Waals surface area contributed by atoms with E-state index in [9.17, 15) is 13.2 Å². The van der Waals surface area contributed by atoms with Crippen LogP contribution in [0.1, 0.15) is 23.2 Å². The highest BCUT2D eigenvalue weighted by Gasteiger charge is 2.28. The average molecular weight is 394 g/mol. The number of nitrogens with zero attached hydrogens (tertiary/aromatic N) is 2. The minimum absolute atomic E-state index is 0.173. The van der Waals surface area contributed by atoms with Crippen molar-refractivity contribution in [3.63, 3.8) is 0 Å². The summed E-state index contributed by atoms with van der Waals surface area (Å²) in [6.07, 6.45) is 1.76. The number of carbonyl (C=O) groups is 1. The summed E-state index contributed by atoms with van der Waals surface area (Å²) in [5.74, 6) is -0.242. The maximum Gasteiger partial charge on any atom is 0.258 e. The zero-order chi connectivity index (χ0) is 19.7. The third-order valence-corrected chi connectivity index (χ3v) is 7.10. The van der Waals surface area contributed by atoms with Gasteiger partial charge in [-0.25, -0.2) is 8.42 Å². The predicted octanol–water partition coefficient (Wildman–Crippen LogP) is 3.90. The van der Waals surface area contributed by atoms with Crippen molar-refractivity contribution in [1.82, 2.24) is 4.31 Å². The molecule has 3 aromatic carbocycles. The number of hydrogen-bond acceptors (Lipinski definition) is 3. The van der Waals surface area contributed by atoms with Crippen molar-refractivity contribution >= 4 is 32.4 Å². The molecule has 6 heteroatoms. The van der Waals surface area contributed by atoms with Crippen LogP contribution in [0.25, 0.3) is 10.8 Å². The highest BCUT2D eigenvalue weighted by Crippen LogP contribution is 2.25. The van der Waals surface area contributed by atoms with Gasteiger partial charge >= 0.3 is 0 Å². The normalized spacial score (nSPS) is 15.0. The van der Waals surface area contributed by atoms with Crippen molar-refractivity contribution < 1.29 is 13.2 Å². The molecule has 1 fully saturated rings. The summed E-state index contributed by atoms with van der Waals surface area (Å²) in [5, 5.41) is 2.15. The second kappa shape index (κ2) is 7.37. The molecule has 4 rings (SSSR count). The highest BCUT2D eigenvalue weighted by molar-refractivity contribution is 7.89. The molecule has 0 bridgehead atoms. The smallest absolute Gasteiger partial charge is 0.258 e. The highest BCUT2D eigenvalue weighted by atomic mass is 32.2. The van der Waals surface area contributed by atoms with E-state index in [1.165, 1.54) is 10.4 Å². The van der Waals surface area contributed by atoms with Gasteiger partial charge in [-0.2, -0.15) is 4.31 Å². The fraction of sp³-hybridized carbons (Fsp3) is 0.227. The zero-order valence-corrected chi connectivity index (χ0v) is 16.5. The van der Waals surface area contributed by atoms with Crippen LogP contribution in [0.4, 0.5) is 5.69 Å². The molecule has 0 spiro atoms. The van der Waals surface area contributed by atoms with E-state index in [1.807, 2.05) is 42.5 Å². The van der Waals surface area contributed by atoms with Gasteiger partial charge in [0, 0.05) is 31.4 Å². The molecule has 3 aromatic rings. The summed E-state index contributed by atoms with van der Waals surface area (Å²) in [4.78, 5) is 14.7. The van der Waals surface area contributed by atoms with Gasteiger partial charge in [0.2, 0.25) is 10.0 Å². The summed E-state index contributed by atoms with van der Waals surface area (Å²) >= 11 is 0. The third kappa shape index (κ3) is 3.41. The number of rotatable bonds is 4. The Labute approximate surface area is 165 Å². The first-order chi connectivity index (χ1) is 13.5. The molecule has 1 aliphatic rings. The number of hydrogen-bond donors (Lipinski definition) is 0. The van der Waals surface area contributed by atoms with Gasteiger partial charge in [0.25, 0.3) is 5.91 Å². The predicted molar refractivity (Wildman–Crippen MR) is 111 cm³/mol. The Kier molecular flexibility index (Phi) is 4.91. The summed E-state index contributed by atoms with van der Waals surface area (Å²) < 4.78 is 27.1. The van der Waals surface area contributed by atoms with Gasteiger partial charge in [-0.3, -0.25) is 4.79 Å². The molecule has 1 saturated heterocycles. The van der Waals surface area contributed by atoms with Crippen molar-refractivity contribution in [2.45, 2.75) is 17.7 Å². The molecule has 0 N–H and O–H groups in total. The lowest BCUT2D eigenvalue weighted by Crippen LogP contribution is -2.29. The van der Waals surface area contributed by atoms with Gasteiger partial charge in [-0.05, 0) is 53.9 Å². The molecule has 0 aromatic heterocycles. The summed E-state index contributed by atoms with van der Waals surface area (Å²) in [5.41, 5.74) is 1.12. The lowest BCUT2D eigenvalue weighted by atomic mass is 10.1. The van der Waals surface area contributed by atoms with E-state index in [4.69, 9.17) is 0 Å². The van der Waals surface area contributed by atoms with Crippen LogP contribution in [-0.4, -0.2) is 38.8 Å². The molecular formula is C22H22N2O3S. The third-order valence-electron chi connectivity index (χ3n) is 5.21. The van der Waals surface area contributed by atoms with Crippen LogP contribution in [0.3, 0.4) is 0 Å². The fourth-order valence-corrected chi connectivity index (χ4v) is 5.13. The van der Waals surface area contributed by atoms with Crippen LogP contribution in [-0.2, 0) is 10.0 Å². The van der Waals surface area contributed by atoms with E-state index < -0.39 is 10.0 Å². The number of sulfonamides is 1. The molecule has 0 atom stereocenters. The van der Waals surface area contributed by atoms with Crippen molar-refractivity contribution in [3.05, 3.63) is 72.3 Å². The standard InChI is InChI=1S/C22H22N2O3S/c1-23(20-12-11-17-7-2-3-8-18(17)15-20)22(25)19-9-6-10-21(16-19)28(26,27)24-13-4-5-14-24/h2-3,6-12,15-16H,4-5,13-14H2,1H3. The lowest BCUT2D eigenvalue weighted by Gasteiger charge is -2.19. The quantitative estimate of drug-likeness (QED) is 0.674. The lowest BCUT2D eigenvalue weighted by molar-refractivity contribution is 0.0993. The van der Waals surface area contributed by atoms with E-state index in [0.717, 1.165) is 29.3 Å². The molecule has 0 saturated carbocycles. The zero-order valence-electron chi connectivity index (χ0n) is 15.7. The summed E-state index contributed by atoms with van der Waals surface area (Å²) in [6, 6.07) is 20.1. The Morgan fingerprint density at radius 3 is 2.36 bits per heavy atom. The van der Waals surface area contributed by atoms with E-state index in [0.29, 0.717) is 18.7 Å². The van der Waals surface area contributed by atoms with Crippen molar-refractivity contribution in [2.24, 2.45) is 0 Å². The molecular weight excluding hydrogens is 372 g/mol. The first-order valence-corrected chi connectivity index (χ1v) is 10.8. The van der Waals surface area contributed by atoms with Crippen LogP contribution in [0.5, 0.6) is 0 Å². The molecule has 0 unspecified atom stereocenters. The molecule has 1 amide bonds. The van der Waals surface area contributed by atoms with Gasteiger partial charge in [0.05, 0.1) is 4.90 Å². The second-order valence-electron chi connectivity index (χ2n) is 7.03. The molecule has 1 heterocycles. The fourth-order valence-electron chi connectivity index (χ4n) is 3.56. The number of anilines is 1. The van der Waals surface area contributed by atoms with E-state index in [-0.39, 0.29) is 10.8 Å². The first-order valence-electron chi connectivity index (χ1n) is 9.34.